The maximum Gasteiger partial charge on any atom is 0.218 e. The fraction of sp³-hybridized carbons (Fsp3) is 0.500. The first-order valence-corrected chi connectivity index (χ1v) is 3.70. The molecule has 0 unspecified atom stereocenters. The molecule has 8 N–H and O–H groups in total. The highest BCUT2D eigenvalue weighted by molar-refractivity contribution is 5.92. The zero-order chi connectivity index (χ0) is 10.3. The molecule has 74 valence electrons. The molecular weight excluding hydrogens is 172 g/mol. The van der Waals surface area contributed by atoms with Gasteiger partial charge in [0, 0.05) is 13.0 Å². The van der Waals surface area contributed by atoms with Gasteiger partial charge in [0.15, 0.2) is 5.96 Å². The van der Waals surface area contributed by atoms with Crippen LogP contribution >= 0.6 is 0 Å². The van der Waals surface area contributed by atoms with E-state index in [9.17, 15) is 4.79 Å². The summed E-state index contributed by atoms with van der Waals surface area (Å²) < 4.78 is 0. The molecule has 0 aromatic rings. The van der Waals surface area contributed by atoms with Crippen molar-refractivity contribution in [2.45, 2.75) is 12.8 Å². The van der Waals surface area contributed by atoms with E-state index in [-0.39, 0.29) is 24.2 Å². The molecule has 0 fully saturated rings. The highest BCUT2D eigenvalue weighted by Gasteiger charge is 1.93. The molecule has 0 aromatic heterocycles. The molecule has 7 heteroatoms. The third-order valence-corrected chi connectivity index (χ3v) is 1.10. The number of rotatable bonds is 4. The van der Waals surface area contributed by atoms with E-state index in [0.29, 0.717) is 13.0 Å². The molecule has 7 nitrogen and oxygen atoms in total. The topological polar surface area (TPSA) is 146 Å². The average molecular weight is 186 g/mol. The molecule has 0 heterocycles. The van der Waals surface area contributed by atoms with Crippen LogP contribution in [-0.2, 0) is 4.79 Å². The first-order valence-electron chi connectivity index (χ1n) is 3.70. The van der Waals surface area contributed by atoms with Crippen LogP contribution in [0.15, 0.2) is 9.98 Å². The van der Waals surface area contributed by atoms with Crippen LogP contribution in [0.4, 0.5) is 0 Å². The van der Waals surface area contributed by atoms with Crippen LogP contribution in [-0.4, -0.2) is 24.4 Å². The second-order valence-electron chi connectivity index (χ2n) is 2.35. The fourth-order valence-corrected chi connectivity index (χ4v) is 0.615. The number of guanidine groups is 2. The minimum atomic E-state index is -0.365. The van der Waals surface area contributed by atoms with E-state index in [4.69, 9.17) is 22.9 Å². The largest absolute Gasteiger partial charge is 0.370 e. The molecule has 0 aliphatic heterocycles. The molecule has 0 spiro atoms. The molecule has 1 amide bonds. The first-order chi connectivity index (χ1) is 6.02. The number of hydrogen-bond donors (Lipinski definition) is 4. The van der Waals surface area contributed by atoms with E-state index in [1.54, 1.807) is 0 Å². The number of amides is 1. The molecule has 0 aromatic carbocycles. The summed E-state index contributed by atoms with van der Waals surface area (Å²) in [5.41, 5.74) is 20.3. The summed E-state index contributed by atoms with van der Waals surface area (Å²) in [5, 5.41) is 0. The summed E-state index contributed by atoms with van der Waals surface area (Å²) in [6.07, 6.45) is 0.814. The lowest BCUT2D eigenvalue weighted by atomic mass is 10.3. The lowest BCUT2D eigenvalue weighted by Gasteiger charge is -1.94. The Labute approximate surface area is 75.9 Å². The van der Waals surface area contributed by atoms with Gasteiger partial charge in [-0.25, -0.2) is 0 Å². The van der Waals surface area contributed by atoms with Crippen molar-refractivity contribution < 1.29 is 4.79 Å². The Morgan fingerprint density at radius 1 is 1.15 bits per heavy atom. The van der Waals surface area contributed by atoms with Gasteiger partial charge in [-0.3, -0.25) is 9.79 Å². The van der Waals surface area contributed by atoms with E-state index in [0.717, 1.165) is 0 Å². The van der Waals surface area contributed by atoms with Crippen molar-refractivity contribution in [3.63, 3.8) is 0 Å². The van der Waals surface area contributed by atoms with Gasteiger partial charge in [-0.1, -0.05) is 0 Å². The van der Waals surface area contributed by atoms with Crippen molar-refractivity contribution in [1.29, 1.82) is 0 Å². The Hall–Kier alpha value is -1.79. The molecule has 0 saturated heterocycles. The molecule has 13 heavy (non-hydrogen) atoms. The zero-order valence-electron chi connectivity index (χ0n) is 7.23. The van der Waals surface area contributed by atoms with Gasteiger partial charge in [-0.05, 0) is 6.42 Å². The zero-order valence-corrected chi connectivity index (χ0v) is 7.23. The molecule has 0 aliphatic rings. The van der Waals surface area contributed by atoms with Gasteiger partial charge in [0.25, 0.3) is 0 Å². The lowest BCUT2D eigenvalue weighted by Crippen LogP contribution is -2.26. The highest BCUT2D eigenvalue weighted by atomic mass is 16.1. The lowest BCUT2D eigenvalue weighted by molar-refractivity contribution is -0.118. The van der Waals surface area contributed by atoms with Gasteiger partial charge in [-0.2, -0.15) is 4.99 Å². The minimum absolute atomic E-state index is 0.00414. The number of carbonyl (C=O) groups is 1. The van der Waals surface area contributed by atoms with Gasteiger partial charge in [0.05, 0.1) is 0 Å². The SMILES string of the molecule is NC(=O)CCCN=C(N)N=C(N)N. The maximum atomic E-state index is 10.3. The van der Waals surface area contributed by atoms with Crippen LogP contribution in [0.2, 0.25) is 0 Å². The van der Waals surface area contributed by atoms with E-state index >= 15 is 0 Å². The van der Waals surface area contributed by atoms with Gasteiger partial charge >= 0.3 is 0 Å². The Balaban J connectivity index is 3.72. The Kier molecular flexibility index (Phi) is 5.01. The second kappa shape index (κ2) is 5.81. The highest BCUT2D eigenvalue weighted by Crippen LogP contribution is 1.87. The van der Waals surface area contributed by atoms with Crippen molar-refractivity contribution in [2.24, 2.45) is 32.9 Å². The number of primary amides is 1. The summed E-state index contributed by atoms with van der Waals surface area (Å²) in [6.45, 7) is 0.381. The maximum absolute atomic E-state index is 10.3. The summed E-state index contributed by atoms with van der Waals surface area (Å²) in [6, 6.07) is 0. The summed E-state index contributed by atoms with van der Waals surface area (Å²) >= 11 is 0. The molecule has 0 bridgehead atoms. The van der Waals surface area contributed by atoms with E-state index in [1.807, 2.05) is 0 Å². The summed E-state index contributed by atoms with van der Waals surface area (Å²) in [4.78, 5) is 17.5. The Morgan fingerprint density at radius 3 is 2.23 bits per heavy atom. The van der Waals surface area contributed by atoms with E-state index < -0.39 is 0 Å². The quantitative estimate of drug-likeness (QED) is 0.225. The van der Waals surface area contributed by atoms with Crippen LogP contribution in [0, 0.1) is 0 Å². The number of nitrogens with two attached hydrogens (primary N) is 4. The van der Waals surface area contributed by atoms with Crippen LogP contribution in [0.1, 0.15) is 12.8 Å². The summed E-state index contributed by atoms with van der Waals surface area (Å²) in [5.74, 6) is -0.503. The smallest absolute Gasteiger partial charge is 0.218 e. The molecule has 0 atom stereocenters. The van der Waals surface area contributed by atoms with Gasteiger partial charge in [-0.15, -0.1) is 0 Å². The second-order valence-corrected chi connectivity index (χ2v) is 2.35. The average Bonchev–Trinajstić information content (AvgIpc) is 1.96. The van der Waals surface area contributed by atoms with Crippen molar-refractivity contribution in [3.8, 4) is 0 Å². The van der Waals surface area contributed by atoms with Crippen molar-refractivity contribution in [1.82, 2.24) is 0 Å². The van der Waals surface area contributed by atoms with Crippen molar-refractivity contribution in [2.75, 3.05) is 6.54 Å². The molecule has 0 rings (SSSR count). The third kappa shape index (κ3) is 8.11. The molecule has 0 radical (unpaired) electrons. The number of hydrogen-bond acceptors (Lipinski definition) is 2. The van der Waals surface area contributed by atoms with Crippen molar-refractivity contribution >= 4 is 17.8 Å². The normalized spacial score (nSPS) is 10.9. The number of aliphatic imine (C=N–C) groups is 2. The van der Waals surface area contributed by atoms with Crippen LogP contribution in [0.3, 0.4) is 0 Å². The molecule has 0 aliphatic carbocycles. The predicted octanol–water partition coefficient (Wildman–Crippen LogP) is -2.16. The third-order valence-electron chi connectivity index (χ3n) is 1.10. The van der Waals surface area contributed by atoms with E-state index in [1.165, 1.54) is 0 Å². The molecule has 0 saturated carbocycles. The van der Waals surface area contributed by atoms with Crippen molar-refractivity contribution in [3.05, 3.63) is 0 Å². The first kappa shape index (κ1) is 11.2. The van der Waals surface area contributed by atoms with Crippen LogP contribution in [0.5, 0.6) is 0 Å². The Bertz CT molecular complexity index is 229. The Morgan fingerprint density at radius 2 is 1.77 bits per heavy atom. The molecular formula is C6H14N6O. The standard InChI is InChI=1S/C6H14N6O/c7-4(13)2-1-3-11-6(10)12-5(8)9/h1-3H2,(H2,7,13)(H6,8,9,10,11,12). The fourth-order valence-electron chi connectivity index (χ4n) is 0.615. The van der Waals surface area contributed by atoms with Crippen LogP contribution < -0.4 is 22.9 Å². The number of carbonyl (C=O) groups excluding carboxylic acids is 1. The minimum Gasteiger partial charge on any atom is -0.370 e. The number of nitrogens with zero attached hydrogens (tertiary/aromatic N) is 2. The van der Waals surface area contributed by atoms with Crippen LogP contribution in [0.25, 0.3) is 0 Å². The van der Waals surface area contributed by atoms with Gasteiger partial charge in [0.1, 0.15) is 0 Å². The van der Waals surface area contributed by atoms with Gasteiger partial charge < -0.3 is 22.9 Å². The predicted molar refractivity (Wildman–Crippen MR) is 50.7 cm³/mol. The van der Waals surface area contributed by atoms with E-state index in [2.05, 4.69) is 9.98 Å². The monoisotopic (exact) mass is 186 g/mol. The summed E-state index contributed by atoms with van der Waals surface area (Å²) in [7, 11) is 0. The van der Waals surface area contributed by atoms with Gasteiger partial charge in [0.2, 0.25) is 11.9 Å².